The first-order valence-electron chi connectivity index (χ1n) is 28.3. The van der Waals surface area contributed by atoms with Crippen molar-refractivity contribution in [3.8, 4) is 0 Å². The Labute approximate surface area is 501 Å². The van der Waals surface area contributed by atoms with Gasteiger partial charge in [-0.05, 0) is 89.6 Å². The number of aryl methyl sites for hydroxylation is 1. The van der Waals surface area contributed by atoms with Gasteiger partial charge >= 0.3 is 17.9 Å². The molecule has 0 saturated carbocycles. The first-order chi connectivity index (χ1) is 40.8. The molecule has 482 valence electrons. The van der Waals surface area contributed by atoms with E-state index in [1.165, 1.54) is 6.92 Å². The summed E-state index contributed by atoms with van der Waals surface area (Å²) >= 11 is 5.91. The van der Waals surface area contributed by atoms with Gasteiger partial charge in [0, 0.05) is 0 Å². The monoisotopic (exact) mass is 1240 g/mol. The van der Waals surface area contributed by atoms with E-state index in [9.17, 15) is 88.2 Å². The van der Waals surface area contributed by atoms with Crippen LogP contribution in [0.15, 0.2) is 36.0 Å². The number of amides is 9. The molecule has 86 heavy (non-hydrogen) atoms. The quantitative estimate of drug-likeness (QED) is 0.0179. The van der Waals surface area contributed by atoms with E-state index in [1.807, 2.05) is 11.4 Å². The van der Waals surface area contributed by atoms with E-state index < -0.39 is 188 Å². The lowest BCUT2D eigenvalue weighted by Gasteiger charge is -2.29. The molecule has 1 fully saturated rings. The van der Waals surface area contributed by atoms with Crippen LogP contribution in [0.4, 0.5) is 0 Å². The van der Waals surface area contributed by atoms with Crippen molar-refractivity contribution in [1.29, 1.82) is 0 Å². The SMILES string of the molecule is C/C=C1/NC(=O)C([C@H](C)O)NC(=O)[C@H](CCN)NC(=O)C([C@H](O)C(=O)O)NC(=O)C(CCCCN)NC(=O)[C@H](CC(=O)O)NC(=O)C(CCN)NC(=O)C(NC(=O)C[C@@H](O)c2cccc(CCCCCCCC)c2)COC(=O)C([C@H](O)CCl)NC1=O. The van der Waals surface area contributed by atoms with Gasteiger partial charge in [-0.15, -0.1) is 11.6 Å². The number of aliphatic hydroxyl groups is 4. The van der Waals surface area contributed by atoms with E-state index in [0.717, 1.165) is 57.1 Å². The minimum Gasteiger partial charge on any atom is -0.481 e. The standard InChI is InChI=1S/C54H85ClN12O19/c1-4-6-7-8-9-10-14-29-15-13-16-30(23-29)37(69)25-39(71)59-36-27-86-54(85)42(38(70)26-55)66-45(75)31(5-2)60-51(81)41(28(3)68)65-48(78)34(19-22-58)63-52(82)43(44(74)53(83)84)67-47(77)32(17-11-12-20-56)61-49(79)35(24-40(72)73)64-46(76)33(18-21-57)62-50(36)80/h5,13,15-16,23,28,32-38,41-44,68-70,74H,4,6-12,14,17-22,24-27,56-58H2,1-3H3,(H,59,71)(H,60,81)(H,61,79)(H,62,80)(H,63,82)(H,64,76)(H,65,78)(H,66,75)(H,67,77)(H,72,73)(H,83,84)/b31-5+/t28-,32?,33?,34-,35-,36?,37+,38+,41?,42?,43?,44-/m0/s1. The summed E-state index contributed by atoms with van der Waals surface area (Å²) in [6.07, 6.45) is -3.02. The van der Waals surface area contributed by atoms with E-state index in [-0.39, 0.29) is 38.9 Å². The molecule has 1 aliphatic heterocycles. The second kappa shape index (κ2) is 39.3. The molecule has 1 aromatic carbocycles. The van der Waals surface area contributed by atoms with Gasteiger partial charge in [-0.1, -0.05) is 69.4 Å². The molecule has 1 aliphatic rings. The number of allylic oxidation sites excluding steroid dienone is 1. The van der Waals surface area contributed by atoms with Crippen LogP contribution < -0.4 is 65.1 Å². The first-order valence-corrected chi connectivity index (χ1v) is 28.8. The topological polar surface area (TPSA) is 522 Å². The maximum Gasteiger partial charge on any atom is 0.335 e. The molecule has 0 bridgehead atoms. The summed E-state index contributed by atoms with van der Waals surface area (Å²) in [6.45, 7) is 2.51. The number of hydrogen-bond donors (Lipinski definition) is 18. The summed E-state index contributed by atoms with van der Waals surface area (Å²) in [4.78, 5) is 163. The molecule has 1 aromatic rings. The Hall–Kier alpha value is -7.39. The number of halogens is 1. The fourth-order valence-electron chi connectivity index (χ4n) is 8.58. The molecule has 1 heterocycles. The number of carbonyl (C=O) groups excluding carboxylic acids is 10. The number of hydrogen-bond acceptors (Lipinski definition) is 20. The summed E-state index contributed by atoms with van der Waals surface area (Å²) in [6, 6.07) is -9.27. The number of esters is 1. The van der Waals surface area contributed by atoms with Gasteiger partial charge in [0.1, 0.15) is 54.6 Å². The third kappa shape index (κ3) is 25.7. The molecule has 0 spiro atoms. The highest BCUT2D eigenvalue weighted by Crippen LogP contribution is 2.20. The number of carboxylic acid groups (broad SMARTS) is 2. The third-order valence-electron chi connectivity index (χ3n) is 13.4. The smallest absolute Gasteiger partial charge is 0.335 e. The van der Waals surface area contributed by atoms with Crippen molar-refractivity contribution in [3.05, 3.63) is 47.2 Å². The lowest BCUT2D eigenvalue weighted by molar-refractivity contribution is -0.153. The first kappa shape index (κ1) is 74.7. The van der Waals surface area contributed by atoms with Gasteiger partial charge in [-0.25, -0.2) is 9.59 Å². The number of benzene rings is 1. The highest BCUT2D eigenvalue weighted by Gasteiger charge is 2.40. The average Bonchev–Trinajstić information content (AvgIpc) is 3.33. The second-order valence-electron chi connectivity index (χ2n) is 20.4. The van der Waals surface area contributed by atoms with Gasteiger partial charge in [0.05, 0.1) is 37.0 Å². The molecular formula is C54H85ClN12O19. The largest absolute Gasteiger partial charge is 0.481 e. The van der Waals surface area contributed by atoms with Crippen LogP contribution in [0.25, 0.3) is 0 Å². The molecule has 31 nitrogen and oxygen atoms in total. The molecule has 21 N–H and O–H groups in total. The van der Waals surface area contributed by atoms with Gasteiger partial charge in [-0.3, -0.25) is 47.9 Å². The van der Waals surface area contributed by atoms with Crippen molar-refractivity contribution in [2.75, 3.05) is 32.1 Å². The summed E-state index contributed by atoms with van der Waals surface area (Å²) in [5.74, 6) is -17.8. The van der Waals surface area contributed by atoms with Crippen LogP contribution in [-0.4, -0.2) is 200 Å². The number of cyclic esters (lactones) is 1. The molecule has 0 radical (unpaired) electrons. The zero-order valence-corrected chi connectivity index (χ0v) is 49.1. The minimum absolute atomic E-state index is 0.0389. The zero-order valence-electron chi connectivity index (χ0n) is 48.4. The number of carboxylic acids is 2. The molecule has 2 rings (SSSR count). The number of alkyl halides is 1. The molecule has 32 heteroatoms. The number of ether oxygens (including phenoxy) is 1. The summed E-state index contributed by atoms with van der Waals surface area (Å²) in [5, 5.41) is 82.8. The highest BCUT2D eigenvalue weighted by atomic mass is 35.5. The fraction of sp³-hybridized carbons (Fsp3) is 0.630. The molecular weight excluding hydrogens is 1160 g/mol. The number of aliphatic hydroxyl groups excluding tert-OH is 4. The van der Waals surface area contributed by atoms with E-state index in [1.54, 1.807) is 18.2 Å². The maximum atomic E-state index is 14.3. The Morgan fingerprint density at radius 1 is 0.674 bits per heavy atom. The Kier molecular flexibility index (Phi) is 34.2. The van der Waals surface area contributed by atoms with Crippen LogP contribution in [0.5, 0.6) is 0 Å². The van der Waals surface area contributed by atoms with Crippen LogP contribution >= 0.6 is 11.6 Å². The Morgan fingerprint density at radius 2 is 1.23 bits per heavy atom. The van der Waals surface area contributed by atoms with Crippen molar-refractivity contribution in [1.82, 2.24) is 47.9 Å². The molecule has 12 atom stereocenters. The Bertz CT molecular complexity index is 2510. The molecule has 9 amide bonds. The zero-order chi connectivity index (χ0) is 64.6. The fourth-order valence-corrected chi connectivity index (χ4v) is 8.76. The Balaban J connectivity index is 2.81. The average molecular weight is 1240 g/mol. The number of aliphatic carboxylic acids is 2. The predicted molar refractivity (Wildman–Crippen MR) is 306 cm³/mol. The van der Waals surface area contributed by atoms with Crippen molar-refractivity contribution >= 4 is 82.7 Å². The molecule has 0 aliphatic carbocycles. The van der Waals surface area contributed by atoms with Gasteiger partial charge < -0.3 is 100 Å². The van der Waals surface area contributed by atoms with Crippen LogP contribution in [-0.2, 0) is 68.7 Å². The minimum atomic E-state index is -2.77. The molecule has 1 saturated heterocycles. The summed E-state index contributed by atoms with van der Waals surface area (Å²) in [5.41, 5.74) is 17.7. The van der Waals surface area contributed by atoms with Crippen molar-refractivity contribution in [3.63, 3.8) is 0 Å². The predicted octanol–water partition coefficient (Wildman–Crippen LogP) is -4.80. The van der Waals surface area contributed by atoms with Gasteiger partial charge in [0.15, 0.2) is 12.1 Å². The Morgan fingerprint density at radius 3 is 1.80 bits per heavy atom. The molecule has 0 aromatic heterocycles. The highest BCUT2D eigenvalue weighted by molar-refractivity contribution is 6.18. The van der Waals surface area contributed by atoms with Crippen LogP contribution in [0, 0.1) is 0 Å². The van der Waals surface area contributed by atoms with Crippen LogP contribution in [0.3, 0.4) is 0 Å². The van der Waals surface area contributed by atoms with E-state index in [0.29, 0.717) is 12.0 Å². The second-order valence-corrected chi connectivity index (χ2v) is 20.7. The number of carbonyl (C=O) groups is 12. The van der Waals surface area contributed by atoms with Crippen molar-refractivity contribution in [2.45, 2.75) is 183 Å². The van der Waals surface area contributed by atoms with Crippen molar-refractivity contribution in [2.24, 2.45) is 17.2 Å². The van der Waals surface area contributed by atoms with Gasteiger partial charge in [-0.2, -0.15) is 0 Å². The van der Waals surface area contributed by atoms with Crippen molar-refractivity contribution < 1.29 is 92.9 Å². The number of nitrogens with two attached hydrogens (primary N) is 3. The molecule has 6 unspecified atom stereocenters. The third-order valence-corrected chi connectivity index (χ3v) is 13.7. The lowest BCUT2D eigenvalue weighted by Crippen LogP contribution is -2.63. The van der Waals surface area contributed by atoms with Gasteiger partial charge in [0.25, 0.3) is 5.91 Å². The van der Waals surface area contributed by atoms with Crippen LogP contribution in [0.2, 0.25) is 0 Å². The lowest BCUT2D eigenvalue weighted by atomic mass is 9.99. The number of nitrogens with one attached hydrogen (secondary N) is 9. The number of unbranched alkanes of at least 4 members (excludes halogenated alkanes) is 6. The van der Waals surface area contributed by atoms with E-state index in [2.05, 4.69) is 49.5 Å². The van der Waals surface area contributed by atoms with Gasteiger partial charge in [0.2, 0.25) is 47.3 Å². The van der Waals surface area contributed by atoms with Crippen LogP contribution in [0.1, 0.15) is 121 Å². The summed E-state index contributed by atoms with van der Waals surface area (Å²) in [7, 11) is 0. The maximum absolute atomic E-state index is 14.3. The van der Waals surface area contributed by atoms with E-state index in [4.69, 9.17) is 33.5 Å². The van der Waals surface area contributed by atoms with E-state index >= 15 is 0 Å². The number of rotatable bonds is 26. The normalized spacial score (nSPS) is 24.0. The summed E-state index contributed by atoms with van der Waals surface area (Å²) < 4.78 is 5.37.